The van der Waals surface area contributed by atoms with E-state index in [0.29, 0.717) is 5.02 Å². The molecule has 2 rings (SSSR count). The van der Waals surface area contributed by atoms with Crippen LogP contribution in [-0.4, -0.2) is 10.9 Å². The molecular formula is C12H8Cl3N3O. The highest BCUT2D eigenvalue weighted by Crippen LogP contribution is 2.34. The zero-order valence-electron chi connectivity index (χ0n) is 9.45. The summed E-state index contributed by atoms with van der Waals surface area (Å²) in [6.07, 6.45) is 2.86. The fourth-order valence-electron chi connectivity index (χ4n) is 1.46. The number of pyridine rings is 1. The SMILES string of the molecule is Nc1cnccc1C(=O)Nc1c(Cl)cc(Cl)cc1Cl. The Hall–Kier alpha value is -1.49. The minimum absolute atomic E-state index is 0.249. The van der Waals surface area contributed by atoms with Gasteiger partial charge in [0.15, 0.2) is 0 Å². The Labute approximate surface area is 124 Å². The Morgan fingerprint density at radius 3 is 2.42 bits per heavy atom. The maximum Gasteiger partial charge on any atom is 0.257 e. The molecule has 3 N–H and O–H groups in total. The lowest BCUT2D eigenvalue weighted by Gasteiger charge is -2.10. The summed E-state index contributed by atoms with van der Waals surface area (Å²) in [5.41, 5.74) is 6.50. The van der Waals surface area contributed by atoms with Crippen molar-refractivity contribution in [3.63, 3.8) is 0 Å². The first-order chi connectivity index (χ1) is 8.99. The molecule has 4 nitrogen and oxygen atoms in total. The summed E-state index contributed by atoms with van der Waals surface area (Å²) in [5.74, 6) is -0.425. The summed E-state index contributed by atoms with van der Waals surface area (Å²) in [6.45, 7) is 0. The third kappa shape index (κ3) is 3.10. The third-order valence-corrected chi connectivity index (χ3v) is 3.16. The van der Waals surface area contributed by atoms with Crippen LogP contribution in [-0.2, 0) is 0 Å². The first-order valence-electron chi connectivity index (χ1n) is 5.14. The van der Waals surface area contributed by atoms with E-state index in [1.54, 1.807) is 0 Å². The van der Waals surface area contributed by atoms with Crippen LogP contribution in [0.5, 0.6) is 0 Å². The quantitative estimate of drug-likeness (QED) is 0.883. The number of amides is 1. The second kappa shape index (κ2) is 5.65. The van der Waals surface area contributed by atoms with Crippen LogP contribution in [0, 0.1) is 0 Å². The maximum absolute atomic E-state index is 12.1. The van der Waals surface area contributed by atoms with E-state index in [4.69, 9.17) is 40.5 Å². The topological polar surface area (TPSA) is 68.0 Å². The molecule has 0 aliphatic carbocycles. The van der Waals surface area contributed by atoms with Gasteiger partial charge in [-0.2, -0.15) is 0 Å². The number of nitrogen functional groups attached to an aromatic ring is 1. The molecule has 0 fully saturated rings. The van der Waals surface area contributed by atoms with Crippen molar-refractivity contribution in [3.05, 3.63) is 51.2 Å². The molecule has 0 radical (unpaired) electrons. The van der Waals surface area contributed by atoms with Crippen LogP contribution >= 0.6 is 34.8 Å². The number of rotatable bonds is 2. The first-order valence-corrected chi connectivity index (χ1v) is 6.28. The molecule has 0 spiro atoms. The summed E-state index contributed by atoms with van der Waals surface area (Å²) < 4.78 is 0. The summed E-state index contributed by atoms with van der Waals surface area (Å²) in [7, 11) is 0. The Bertz CT molecular complexity index is 623. The number of nitrogens with zero attached hydrogens (tertiary/aromatic N) is 1. The van der Waals surface area contributed by atoms with Crippen molar-refractivity contribution in [2.45, 2.75) is 0 Å². The molecule has 2 aromatic rings. The van der Waals surface area contributed by atoms with Gasteiger partial charge in [0, 0.05) is 11.2 Å². The smallest absolute Gasteiger partial charge is 0.257 e. The van der Waals surface area contributed by atoms with Crippen LogP contribution in [0.25, 0.3) is 0 Å². The van der Waals surface area contributed by atoms with Crippen LogP contribution in [0.3, 0.4) is 0 Å². The monoisotopic (exact) mass is 315 g/mol. The Kier molecular flexibility index (Phi) is 4.14. The summed E-state index contributed by atoms with van der Waals surface area (Å²) in [4.78, 5) is 15.9. The minimum atomic E-state index is -0.425. The fraction of sp³-hybridized carbons (Fsp3) is 0. The van der Waals surface area contributed by atoms with Gasteiger partial charge < -0.3 is 11.1 Å². The van der Waals surface area contributed by atoms with Crippen molar-refractivity contribution in [3.8, 4) is 0 Å². The van der Waals surface area contributed by atoms with E-state index in [1.807, 2.05) is 0 Å². The number of nitrogens with two attached hydrogens (primary N) is 1. The molecule has 0 saturated heterocycles. The van der Waals surface area contributed by atoms with E-state index >= 15 is 0 Å². The van der Waals surface area contributed by atoms with E-state index < -0.39 is 5.91 Å². The zero-order chi connectivity index (χ0) is 14.0. The largest absolute Gasteiger partial charge is 0.397 e. The van der Waals surface area contributed by atoms with Gasteiger partial charge in [0.2, 0.25) is 0 Å². The molecule has 0 aliphatic heterocycles. The normalized spacial score (nSPS) is 10.3. The van der Waals surface area contributed by atoms with Gasteiger partial charge in [-0.05, 0) is 18.2 Å². The highest BCUT2D eigenvalue weighted by atomic mass is 35.5. The number of nitrogens with one attached hydrogen (secondary N) is 1. The minimum Gasteiger partial charge on any atom is -0.397 e. The number of hydrogen-bond acceptors (Lipinski definition) is 3. The predicted molar refractivity (Wildman–Crippen MR) is 78.1 cm³/mol. The molecule has 1 heterocycles. The number of halogens is 3. The van der Waals surface area contributed by atoms with Crippen molar-refractivity contribution in [2.24, 2.45) is 0 Å². The van der Waals surface area contributed by atoms with Crippen molar-refractivity contribution in [1.82, 2.24) is 4.98 Å². The van der Waals surface area contributed by atoms with Gasteiger partial charge in [-0.25, -0.2) is 0 Å². The Morgan fingerprint density at radius 1 is 1.21 bits per heavy atom. The number of aromatic nitrogens is 1. The molecule has 0 bridgehead atoms. The molecule has 19 heavy (non-hydrogen) atoms. The predicted octanol–water partition coefficient (Wildman–Crippen LogP) is 3.88. The molecule has 1 aromatic carbocycles. The summed E-state index contributed by atoms with van der Waals surface area (Å²) in [6, 6.07) is 4.48. The van der Waals surface area contributed by atoms with Crippen molar-refractivity contribution in [1.29, 1.82) is 0 Å². The number of carbonyl (C=O) groups is 1. The maximum atomic E-state index is 12.1. The number of carbonyl (C=O) groups excluding carboxylic acids is 1. The van der Waals surface area contributed by atoms with Crippen LogP contribution in [0.4, 0.5) is 11.4 Å². The van der Waals surface area contributed by atoms with E-state index in [0.717, 1.165) is 0 Å². The highest BCUT2D eigenvalue weighted by Gasteiger charge is 2.14. The van der Waals surface area contributed by atoms with Crippen molar-refractivity contribution in [2.75, 3.05) is 11.1 Å². The second-order valence-electron chi connectivity index (χ2n) is 3.66. The van der Waals surface area contributed by atoms with Gasteiger partial charge >= 0.3 is 0 Å². The number of anilines is 2. The second-order valence-corrected chi connectivity index (χ2v) is 4.91. The van der Waals surface area contributed by atoms with Gasteiger partial charge in [-0.15, -0.1) is 0 Å². The Morgan fingerprint density at radius 2 is 1.84 bits per heavy atom. The first kappa shape index (κ1) is 13.9. The average Bonchev–Trinajstić information content (AvgIpc) is 2.34. The molecule has 7 heteroatoms. The van der Waals surface area contributed by atoms with Crippen molar-refractivity contribution < 1.29 is 4.79 Å². The van der Waals surface area contributed by atoms with E-state index in [2.05, 4.69) is 10.3 Å². The van der Waals surface area contributed by atoms with Crippen LogP contribution < -0.4 is 11.1 Å². The zero-order valence-corrected chi connectivity index (χ0v) is 11.7. The third-order valence-electron chi connectivity index (χ3n) is 2.34. The van der Waals surface area contributed by atoms with Gasteiger partial charge in [-0.3, -0.25) is 9.78 Å². The fourth-order valence-corrected chi connectivity index (χ4v) is 2.37. The van der Waals surface area contributed by atoms with E-state index in [9.17, 15) is 4.79 Å². The van der Waals surface area contributed by atoms with Gasteiger partial charge in [-0.1, -0.05) is 34.8 Å². The van der Waals surface area contributed by atoms with Crippen molar-refractivity contribution >= 4 is 52.1 Å². The van der Waals surface area contributed by atoms with Gasteiger partial charge in [0.1, 0.15) is 0 Å². The lowest BCUT2D eigenvalue weighted by atomic mass is 10.2. The Balaban J connectivity index is 2.32. The molecule has 98 valence electrons. The lowest BCUT2D eigenvalue weighted by molar-refractivity contribution is 0.102. The molecule has 0 saturated carbocycles. The lowest BCUT2D eigenvalue weighted by Crippen LogP contribution is -2.14. The summed E-state index contributed by atoms with van der Waals surface area (Å²) >= 11 is 17.7. The highest BCUT2D eigenvalue weighted by molar-refractivity contribution is 6.42. The summed E-state index contributed by atoms with van der Waals surface area (Å²) in [5, 5.41) is 3.48. The van der Waals surface area contributed by atoms with Gasteiger partial charge in [0.05, 0.1) is 33.2 Å². The van der Waals surface area contributed by atoms with Crippen LogP contribution in [0.15, 0.2) is 30.6 Å². The molecule has 0 atom stereocenters. The van der Waals surface area contributed by atoms with Gasteiger partial charge in [0.25, 0.3) is 5.91 Å². The molecule has 0 unspecified atom stereocenters. The molecule has 1 amide bonds. The molecule has 1 aromatic heterocycles. The molecule has 0 aliphatic rings. The van der Waals surface area contributed by atoms with Crippen LogP contribution in [0.2, 0.25) is 15.1 Å². The number of hydrogen-bond donors (Lipinski definition) is 2. The van der Waals surface area contributed by atoms with Crippen LogP contribution in [0.1, 0.15) is 10.4 Å². The standard InChI is InChI=1S/C12H8Cl3N3O/c13-6-3-8(14)11(9(15)4-6)18-12(19)7-1-2-17-5-10(7)16/h1-5H,16H2,(H,18,19). The average molecular weight is 317 g/mol. The van der Waals surface area contributed by atoms with E-state index in [-0.39, 0.29) is 27.0 Å². The number of benzene rings is 1. The van der Waals surface area contributed by atoms with E-state index in [1.165, 1.54) is 30.6 Å². The molecular weight excluding hydrogens is 309 g/mol.